The summed E-state index contributed by atoms with van der Waals surface area (Å²) in [5.41, 5.74) is 7.59. The van der Waals surface area contributed by atoms with E-state index in [-0.39, 0.29) is 17.6 Å². The summed E-state index contributed by atoms with van der Waals surface area (Å²) in [6.45, 7) is 0. The molecule has 1 aliphatic carbocycles. The van der Waals surface area contributed by atoms with Gasteiger partial charge < -0.3 is 10.4 Å². The van der Waals surface area contributed by atoms with Gasteiger partial charge >= 0.3 is 0 Å². The number of anilines is 1. The van der Waals surface area contributed by atoms with Gasteiger partial charge in [0.25, 0.3) is 0 Å². The molecule has 3 aromatic carbocycles. The Kier molecular flexibility index (Phi) is 5.14. The third-order valence-corrected chi connectivity index (χ3v) is 7.34. The minimum Gasteiger partial charge on any atom is -0.508 e. The molecule has 186 valence electrons. The number of carbonyl (C=O) groups excluding carboxylic acids is 1. The van der Waals surface area contributed by atoms with Gasteiger partial charge in [-0.2, -0.15) is 5.10 Å². The van der Waals surface area contributed by atoms with Gasteiger partial charge in [-0.25, -0.2) is 4.98 Å². The van der Waals surface area contributed by atoms with Crippen LogP contribution < -0.4 is 5.32 Å². The second kappa shape index (κ2) is 8.81. The maximum absolute atomic E-state index is 13.4. The number of aromatic nitrogens is 6. The van der Waals surface area contributed by atoms with E-state index in [0.29, 0.717) is 6.42 Å². The molecule has 1 unspecified atom stereocenters. The van der Waals surface area contributed by atoms with Crippen LogP contribution in [0, 0.1) is 5.92 Å². The highest BCUT2D eigenvalue weighted by molar-refractivity contribution is 6.08. The van der Waals surface area contributed by atoms with Crippen molar-refractivity contribution in [2.45, 2.75) is 19.3 Å². The van der Waals surface area contributed by atoms with Gasteiger partial charge in [-0.15, -0.1) is 10.2 Å². The van der Waals surface area contributed by atoms with E-state index >= 15 is 0 Å². The third kappa shape index (κ3) is 3.76. The Hall–Kier alpha value is -5.05. The van der Waals surface area contributed by atoms with Crippen molar-refractivity contribution < 1.29 is 9.90 Å². The smallest absolute Gasteiger partial charge is 0.227 e. The number of nitrogens with zero attached hydrogens (tertiary/aromatic N) is 5. The van der Waals surface area contributed by atoms with Crippen LogP contribution in [0.2, 0.25) is 0 Å². The zero-order valence-corrected chi connectivity index (χ0v) is 20.3. The van der Waals surface area contributed by atoms with Gasteiger partial charge in [0, 0.05) is 33.6 Å². The first-order chi connectivity index (χ1) is 18.6. The van der Waals surface area contributed by atoms with Crippen molar-refractivity contribution in [2.24, 2.45) is 5.92 Å². The van der Waals surface area contributed by atoms with Crippen LogP contribution in [0.3, 0.4) is 0 Å². The summed E-state index contributed by atoms with van der Waals surface area (Å²) in [6.07, 6.45) is 7.19. The number of aryl methyl sites for hydroxylation is 1. The zero-order valence-electron chi connectivity index (χ0n) is 20.3. The lowest BCUT2D eigenvalue weighted by Crippen LogP contribution is -2.29. The molecule has 3 heterocycles. The highest BCUT2D eigenvalue weighted by Crippen LogP contribution is 2.39. The number of rotatable bonds is 4. The van der Waals surface area contributed by atoms with E-state index in [1.807, 2.05) is 59.3 Å². The lowest BCUT2D eigenvalue weighted by Gasteiger charge is -2.27. The van der Waals surface area contributed by atoms with E-state index in [1.165, 1.54) is 5.56 Å². The highest BCUT2D eigenvalue weighted by Gasteiger charge is 2.30. The molecule has 9 heteroatoms. The van der Waals surface area contributed by atoms with Gasteiger partial charge in [-0.1, -0.05) is 0 Å². The molecule has 0 fully saturated rings. The molecule has 6 aromatic rings. The van der Waals surface area contributed by atoms with E-state index in [2.05, 4.69) is 25.7 Å². The van der Waals surface area contributed by atoms with Gasteiger partial charge in [0.15, 0.2) is 0 Å². The van der Waals surface area contributed by atoms with Gasteiger partial charge in [-0.05, 0) is 91.1 Å². The third-order valence-electron chi connectivity index (χ3n) is 7.34. The fourth-order valence-electron chi connectivity index (χ4n) is 5.44. The first kappa shape index (κ1) is 22.2. The Bertz CT molecular complexity index is 1790. The molecular weight excluding hydrogens is 478 g/mol. The zero-order chi connectivity index (χ0) is 25.6. The summed E-state index contributed by atoms with van der Waals surface area (Å²) < 4.78 is 1.81. The minimum atomic E-state index is -0.196. The van der Waals surface area contributed by atoms with Crippen molar-refractivity contribution in [3.63, 3.8) is 0 Å². The van der Waals surface area contributed by atoms with Crippen LogP contribution in [-0.4, -0.2) is 41.0 Å². The minimum absolute atomic E-state index is 0.00836. The SMILES string of the molecule is O=C(Nc1ccc(-n2cnnc2)cc1)C1CCc2c(c(-c3ccc(O)cc3)nc3ccc4[nH]ncc4c23)C1. The fraction of sp³-hybridized carbons (Fsp3) is 0.138. The summed E-state index contributed by atoms with van der Waals surface area (Å²) >= 11 is 0. The number of pyridine rings is 1. The van der Waals surface area contributed by atoms with Gasteiger partial charge in [0.05, 0.1) is 22.9 Å². The van der Waals surface area contributed by atoms with Crippen LogP contribution in [0.15, 0.2) is 79.5 Å². The Morgan fingerprint density at radius 1 is 0.974 bits per heavy atom. The topological polar surface area (TPSA) is 122 Å². The number of H-pyrrole nitrogens is 1. The summed E-state index contributed by atoms with van der Waals surface area (Å²) in [7, 11) is 0. The average molecular weight is 502 g/mol. The number of fused-ring (bicyclic) bond motifs is 5. The largest absolute Gasteiger partial charge is 0.508 e. The quantitative estimate of drug-likeness (QED) is 0.319. The van der Waals surface area contributed by atoms with E-state index in [9.17, 15) is 9.90 Å². The molecule has 3 aromatic heterocycles. The number of phenolic OH excluding ortho intramolecular Hbond substituents is 1. The Labute approximate surface area is 217 Å². The molecule has 0 saturated carbocycles. The molecule has 3 N–H and O–H groups in total. The normalized spacial score (nSPS) is 15.0. The summed E-state index contributed by atoms with van der Waals surface area (Å²) in [5, 5.41) is 30.1. The first-order valence-electron chi connectivity index (χ1n) is 12.5. The molecule has 0 spiro atoms. The first-order valence-corrected chi connectivity index (χ1v) is 12.5. The van der Waals surface area contributed by atoms with E-state index in [4.69, 9.17) is 4.98 Å². The number of hydrogen-bond donors (Lipinski definition) is 3. The van der Waals surface area contributed by atoms with Crippen molar-refractivity contribution in [3.05, 3.63) is 90.6 Å². The van der Waals surface area contributed by atoms with Crippen LogP contribution in [-0.2, 0) is 17.6 Å². The van der Waals surface area contributed by atoms with Crippen LogP contribution in [0.1, 0.15) is 17.5 Å². The predicted octanol–water partition coefficient (Wildman–Crippen LogP) is 4.81. The lowest BCUT2D eigenvalue weighted by molar-refractivity contribution is -0.120. The number of phenols is 1. The summed E-state index contributed by atoms with van der Waals surface area (Å²) in [5.74, 6) is 0.000694. The van der Waals surface area contributed by atoms with Gasteiger partial charge in [0.1, 0.15) is 18.4 Å². The molecule has 9 nitrogen and oxygen atoms in total. The Morgan fingerprint density at radius 2 is 1.76 bits per heavy atom. The number of aromatic amines is 1. The number of carbonyl (C=O) groups is 1. The monoisotopic (exact) mass is 501 g/mol. The van der Waals surface area contributed by atoms with Crippen molar-refractivity contribution in [1.29, 1.82) is 0 Å². The predicted molar refractivity (Wildman–Crippen MR) is 144 cm³/mol. The van der Waals surface area contributed by atoms with Crippen LogP contribution >= 0.6 is 0 Å². The fourth-order valence-corrected chi connectivity index (χ4v) is 5.44. The molecule has 1 aliphatic rings. The number of hydrogen-bond acceptors (Lipinski definition) is 6. The van der Waals surface area contributed by atoms with Crippen molar-refractivity contribution in [1.82, 2.24) is 29.9 Å². The second-order valence-electron chi connectivity index (χ2n) is 9.60. The molecule has 0 radical (unpaired) electrons. The van der Waals surface area contributed by atoms with Crippen LogP contribution in [0.25, 0.3) is 38.8 Å². The molecule has 1 atom stereocenters. The van der Waals surface area contributed by atoms with E-state index in [0.717, 1.165) is 62.8 Å². The number of benzene rings is 3. The number of nitrogens with one attached hydrogen (secondary N) is 2. The van der Waals surface area contributed by atoms with Crippen LogP contribution in [0.4, 0.5) is 5.69 Å². The molecule has 38 heavy (non-hydrogen) atoms. The molecule has 0 bridgehead atoms. The van der Waals surface area contributed by atoms with E-state index in [1.54, 1.807) is 24.8 Å². The standard InChI is InChI=1S/C29H23N7O2/c37-21-8-1-17(2-9-21)28-23-13-18(29(38)33-19-4-6-20(7-5-19)36-15-31-32-16-36)3-10-22(23)27-24-14-30-35-25(24)11-12-26(27)34-28/h1-2,4-9,11-12,14-16,18,37H,3,10,13H2,(H,30,35)(H,33,38). The Balaban J connectivity index is 1.25. The maximum atomic E-state index is 13.4. The number of amides is 1. The van der Waals surface area contributed by atoms with E-state index < -0.39 is 0 Å². The van der Waals surface area contributed by atoms with Crippen molar-refractivity contribution >= 4 is 33.4 Å². The highest BCUT2D eigenvalue weighted by atomic mass is 16.3. The van der Waals surface area contributed by atoms with Gasteiger partial charge in [-0.3, -0.25) is 14.5 Å². The molecular formula is C29H23N7O2. The molecule has 7 rings (SSSR count). The summed E-state index contributed by atoms with van der Waals surface area (Å²) in [6, 6.07) is 18.7. The van der Waals surface area contributed by atoms with Crippen molar-refractivity contribution in [2.75, 3.05) is 5.32 Å². The molecule has 0 saturated heterocycles. The average Bonchev–Trinajstić information content (AvgIpc) is 3.66. The Morgan fingerprint density at radius 3 is 2.55 bits per heavy atom. The lowest BCUT2D eigenvalue weighted by atomic mass is 9.79. The van der Waals surface area contributed by atoms with Gasteiger partial charge in [0.2, 0.25) is 5.91 Å². The van der Waals surface area contributed by atoms with Crippen LogP contribution in [0.5, 0.6) is 5.75 Å². The molecule has 1 amide bonds. The summed E-state index contributed by atoms with van der Waals surface area (Å²) in [4.78, 5) is 18.5. The number of aromatic hydroxyl groups is 1. The van der Waals surface area contributed by atoms with Crippen molar-refractivity contribution in [3.8, 4) is 22.7 Å². The second-order valence-corrected chi connectivity index (χ2v) is 9.60. The molecule has 0 aliphatic heterocycles. The maximum Gasteiger partial charge on any atom is 0.227 e.